The number of halogens is 5. The first-order valence-corrected chi connectivity index (χ1v) is 10.5. The Kier molecular flexibility index (Phi) is 7.27. The molecule has 0 fully saturated rings. The Hall–Kier alpha value is -3.13. The fourth-order valence-corrected chi connectivity index (χ4v) is 3.71. The summed E-state index contributed by atoms with van der Waals surface area (Å²) in [6.07, 6.45) is -3.69. The second-order valence-corrected chi connectivity index (χ2v) is 8.28. The van der Waals surface area contributed by atoms with Crippen LogP contribution in [0.15, 0.2) is 66.9 Å². The van der Waals surface area contributed by atoms with Gasteiger partial charge < -0.3 is 10.6 Å². The van der Waals surface area contributed by atoms with Crippen LogP contribution in [0.2, 0.25) is 5.02 Å². The van der Waals surface area contributed by atoms with Gasteiger partial charge in [-0.05, 0) is 37.6 Å². The van der Waals surface area contributed by atoms with Crippen molar-refractivity contribution in [1.82, 2.24) is 15.6 Å². The molecule has 1 heterocycles. The first kappa shape index (κ1) is 24.5. The molecule has 0 saturated heterocycles. The molecule has 0 saturated carbocycles. The molecule has 0 bridgehead atoms. The van der Waals surface area contributed by atoms with Crippen molar-refractivity contribution in [3.05, 3.63) is 100 Å². The monoisotopic (exact) mass is 479 g/mol. The number of aromatic nitrogens is 1. The maximum Gasteiger partial charge on any atom is 0.419 e. The minimum atomic E-state index is -4.92. The molecule has 3 rings (SSSR count). The molecule has 3 aromatic rings. The molecule has 0 aliphatic carbocycles. The van der Waals surface area contributed by atoms with Gasteiger partial charge in [-0.25, -0.2) is 9.18 Å². The molecule has 0 unspecified atom stereocenters. The summed E-state index contributed by atoms with van der Waals surface area (Å²) in [6, 6.07) is 13.7. The fraction of sp³-hybridized carbons (Fsp3) is 0.250. The van der Waals surface area contributed by atoms with E-state index in [1.807, 2.05) is 0 Å². The summed E-state index contributed by atoms with van der Waals surface area (Å²) in [7, 11) is 0. The fourth-order valence-electron chi connectivity index (χ4n) is 3.60. The topological polar surface area (TPSA) is 54.0 Å². The molecule has 1 atom stereocenters. The number of alkyl halides is 3. The molecule has 1 aromatic heterocycles. The Bertz CT molecular complexity index is 1100. The number of carbonyl (C=O) groups is 1. The number of rotatable bonds is 6. The van der Waals surface area contributed by atoms with Crippen molar-refractivity contribution >= 4 is 17.6 Å². The third-order valence-electron chi connectivity index (χ3n) is 4.99. The van der Waals surface area contributed by atoms with E-state index >= 15 is 4.39 Å². The number of pyridine rings is 1. The van der Waals surface area contributed by atoms with Crippen LogP contribution in [0.1, 0.15) is 36.2 Å². The zero-order chi connectivity index (χ0) is 24.2. The standard InChI is InChI=1S/C24H22ClF4N3O/c1-15(2)31-22(33)32-23(13-16-7-4-3-5-8-16,20-12-11-17(25)14-30-20)18-9-6-10-19(21(18)26)24(27,28)29/h3-12,14-15H,13H2,1-2H3,(H2,31,32,33)/t23-/m0/s1. The van der Waals surface area contributed by atoms with Gasteiger partial charge in [0.25, 0.3) is 0 Å². The molecular weight excluding hydrogens is 458 g/mol. The number of carbonyl (C=O) groups excluding carboxylic acids is 1. The highest BCUT2D eigenvalue weighted by molar-refractivity contribution is 6.30. The molecular formula is C24H22ClF4N3O. The first-order valence-electron chi connectivity index (χ1n) is 10.1. The zero-order valence-corrected chi connectivity index (χ0v) is 18.6. The lowest BCUT2D eigenvalue weighted by atomic mass is 9.79. The maximum absolute atomic E-state index is 15.5. The number of amides is 2. The van der Waals surface area contributed by atoms with Crippen molar-refractivity contribution in [2.75, 3.05) is 0 Å². The van der Waals surface area contributed by atoms with Crippen LogP contribution in [0.4, 0.5) is 22.4 Å². The molecule has 33 heavy (non-hydrogen) atoms. The molecule has 0 radical (unpaired) electrons. The van der Waals surface area contributed by atoms with Crippen molar-refractivity contribution in [1.29, 1.82) is 0 Å². The third-order valence-corrected chi connectivity index (χ3v) is 5.21. The summed E-state index contributed by atoms with van der Waals surface area (Å²) < 4.78 is 56.2. The summed E-state index contributed by atoms with van der Waals surface area (Å²) >= 11 is 5.97. The van der Waals surface area contributed by atoms with Crippen molar-refractivity contribution in [2.24, 2.45) is 0 Å². The van der Waals surface area contributed by atoms with Crippen LogP contribution in [0.3, 0.4) is 0 Å². The van der Waals surface area contributed by atoms with Gasteiger partial charge in [-0.3, -0.25) is 4.98 Å². The minimum absolute atomic E-state index is 0.0633. The highest BCUT2D eigenvalue weighted by Gasteiger charge is 2.43. The number of benzene rings is 2. The lowest BCUT2D eigenvalue weighted by Gasteiger charge is -2.36. The number of nitrogens with one attached hydrogen (secondary N) is 2. The molecule has 0 spiro atoms. The zero-order valence-electron chi connectivity index (χ0n) is 17.9. The Morgan fingerprint density at radius 3 is 2.24 bits per heavy atom. The Labute approximate surface area is 194 Å². The largest absolute Gasteiger partial charge is 0.419 e. The predicted molar refractivity (Wildman–Crippen MR) is 118 cm³/mol. The van der Waals surface area contributed by atoms with Crippen LogP contribution in [0.25, 0.3) is 0 Å². The molecule has 0 aliphatic heterocycles. The van der Waals surface area contributed by atoms with Gasteiger partial charge in [0, 0.05) is 24.2 Å². The SMILES string of the molecule is CC(C)NC(=O)N[C@](Cc1ccccc1)(c1ccc(Cl)cn1)c1cccc(C(F)(F)F)c1F. The van der Waals surface area contributed by atoms with Crippen LogP contribution >= 0.6 is 11.6 Å². The van der Waals surface area contributed by atoms with Gasteiger partial charge in [0.1, 0.15) is 11.4 Å². The molecule has 4 nitrogen and oxygen atoms in total. The van der Waals surface area contributed by atoms with Crippen molar-refractivity contribution < 1.29 is 22.4 Å². The lowest BCUT2D eigenvalue weighted by Crippen LogP contribution is -2.54. The third kappa shape index (κ3) is 5.63. The van der Waals surface area contributed by atoms with Gasteiger partial charge in [-0.15, -0.1) is 0 Å². The van der Waals surface area contributed by atoms with E-state index in [0.29, 0.717) is 11.6 Å². The van der Waals surface area contributed by atoms with E-state index in [2.05, 4.69) is 15.6 Å². The van der Waals surface area contributed by atoms with E-state index in [-0.39, 0.29) is 28.7 Å². The second kappa shape index (κ2) is 9.79. The van der Waals surface area contributed by atoms with Crippen LogP contribution in [-0.2, 0) is 18.1 Å². The van der Waals surface area contributed by atoms with Gasteiger partial charge in [-0.2, -0.15) is 13.2 Å². The van der Waals surface area contributed by atoms with Crippen LogP contribution in [0.5, 0.6) is 0 Å². The quantitative estimate of drug-likeness (QED) is 0.420. The van der Waals surface area contributed by atoms with Crippen LogP contribution < -0.4 is 10.6 Å². The van der Waals surface area contributed by atoms with Crippen LogP contribution in [-0.4, -0.2) is 17.1 Å². The average Bonchev–Trinajstić information content (AvgIpc) is 2.73. The van der Waals surface area contributed by atoms with Crippen molar-refractivity contribution in [3.8, 4) is 0 Å². The van der Waals surface area contributed by atoms with Gasteiger partial charge in [0.05, 0.1) is 16.3 Å². The van der Waals surface area contributed by atoms with Gasteiger partial charge >= 0.3 is 12.2 Å². The van der Waals surface area contributed by atoms with Gasteiger partial charge in [-0.1, -0.05) is 54.1 Å². The van der Waals surface area contributed by atoms with E-state index in [9.17, 15) is 18.0 Å². The molecule has 2 amide bonds. The van der Waals surface area contributed by atoms with E-state index in [4.69, 9.17) is 11.6 Å². The first-order chi connectivity index (χ1) is 15.5. The lowest BCUT2D eigenvalue weighted by molar-refractivity contribution is -0.140. The summed E-state index contributed by atoms with van der Waals surface area (Å²) in [6.45, 7) is 3.45. The van der Waals surface area contributed by atoms with E-state index < -0.39 is 29.1 Å². The minimum Gasteiger partial charge on any atom is -0.336 e. The number of nitrogens with zero attached hydrogens (tertiary/aromatic N) is 1. The predicted octanol–water partition coefficient (Wildman–Crippen LogP) is 6.09. The molecule has 9 heteroatoms. The summed E-state index contributed by atoms with van der Waals surface area (Å²) in [5.74, 6) is -1.48. The summed E-state index contributed by atoms with van der Waals surface area (Å²) in [5, 5.41) is 5.65. The summed E-state index contributed by atoms with van der Waals surface area (Å²) in [5.41, 5.74) is -2.79. The van der Waals surface area contributed by atoms with E-state index in [1.54, 1.807) is 44.2 Å². The van der Waals surface area contributed by atoms with Gasteiger partial charge in [0.15, 0.2) is 0 Å². The Balaban J connectivity index is 2.31. The highest BCUT2D eigenvalue weighted by atomic mass is 35.5. The van der Waals surface area contributed by atoms with E-state index in [0.717, 1.165) is 6.07 Å². The summed E-state index contributed by atoms with van der Waals surface area (Å²) in [4.78, 5) is 17.1. The smallest absolute Gasteiger partial charge is 0.336 e. The number of urea groups is 1. The highest BCUT2D eigenvalue weighted by Crippen LogP contribution is 2.39. The number of hydrogen-bond donors (Lipinski definition) is 2. The average molecular weight is 480 g/mol. The normalized spacial score (nSPS) is 13.5. The maximum atomic E-state index is 15.5. The molecule has 174 valence electrons. The molecule has 2 aromatic carbocycles. The number of hydrogen-bond acceptors (Lipinski definition) is 2. The molecule has 2 N–H and O–H groups in total. The molecule has 0 aliphatic rings. The second-order valence-electron chi connectivity index (χ2n) is 7.85. The Morgan fingerprint density at radius 1 is 1.00 bits per heavy atom. The van der Waals surface area contributed by atoms with Crippen molar-refractivity contribution in [2.45, 2.75) is 38.0 Å². The van der Waals surface area contributed by atoms with Gasteiger partial charge in [0.2, 0.25) is 0 Å². The van der Waals surface area contributed by atoms with Crippen LogP contribution in [0, 0.1) is 5.82 Å². The van der Waals surface area contributed by atoms with Crippen molar-refractivity contribution in [3.63, 3.8) is 0 Å². The Morgan fingerprint density at radius 2 is 1.67 bits per heavy atom. The van der Waals surface area contributed by atoms with E-state index in [1.165, 1.54) is 24.4 Å².